The molecule has 0 spiro atoms. The maximum Gasteiger partial charge on any atom is 0.230 e. The Morgan fingerprint density at radius 1 is 1.24 bits per heavy atom. The molecule has 0 bridgehead atoms. The predicted molar refractivity (Wildman–Crippen MR) is 102 cm³/mol. The molecule has 0 aliphatic heterocycles. The molecule has 2 aromatic heterocycles. The van der Waals surface area contributed by atoms with Gasteiger partial charge in [0, 0.05) is 17.7 Å². The number of thioether (sulfide) groups is 2. The van der Waals surface area contributed by atoms with E-state index in [1.54, 1.807) is 0 Å². The van der Waals surface area contributed by atoms with Gasteiger partial charge in [-0.25, -0.2) is 9.97 Å². The van der Waals surface area contributed by atoms with Crippen molar-refractivity contribution in [1.29, 1.82) is 0 Å². The summed E-state index contributed by atoms with van der Waals surface area (Å²) in [6.07, 6.45) is 1.47. The molecule has 2 heterocycles. The van der Waals surface area contributed by atoms with Crippen LogP contribution in [0, 0.1) is 13.8 Å². The first-order chi connectivity index (χ1) is 12.1. The SMILES string of the molecule is Cc1ccc2nc(SCC(=O)NCCSc3ncn[nH]3)cc(C)c2c1. The largest absolute Gasteiger partial charge is 0.355 e. The summed E-state index contributed by atoms with van der Waals surface area (Å²) < 4.78 is 0. The Balaban J connectivity index is 1.48. The second kappa shape index (κ2) is 8.35. The number of carbonyl (C=O) groups excluding carboxylic acids is 1. The number of pyridine rings is 1. The number of hydrogen-bond donors (Lipinski definition) is 2. The van der Waals surface area contributed by atoms with Gasteiger partial charge < -0.3 is 5.32 Å². The summed E-state index contributed by atoms with van der Waals surface area (Å²) >= 11 is 2.98. The van der Waals surface area contributed by atoms with E-state index in [1.807, 2.05) is 12.1 Å². The van der Waals surface area contributed by atoms with Crippen LogP contribution in [-0.4, -0.2) is 44.1 Å². The van der Waals surface area contributed by atoms with Gasteiger partial charge in [0.2, 0.25) is 5.91 Å². The van der Waals surface area contributed by atoms with Gasteiger partial charge >= 0.3 is 0 Å². The first-order valence-electron chi connectivity index (χ1n) is 7.87. The lowest BCUT2D eigenvalue weighted by atomic mass is 10.1. The minimum Gasteiger partial charge on any atom is -0.355 e. The third kappa shape index (κ3) is 4.96. The third-order valence-electron chi connectivity index (χ3n) is 3.55. The Morgan fingerprint density at radius 2 is 2.12 bits per heavy atom. The molecule has 0 radical (unpaired) electrons. The molecule has 1 amide bonds. The monoisotopic (exact) mass is 373 g/mol. The summed E-state index contributed by atoms with van der Waals surface area (Å²) in [7, 11) is 0. The average molecular weight is 374 g/mol. The van der Waals surface area contributed by atoms with Crippen LogP contribution in [0.1, 0.15) is 11.1 Å². The fraction of sp³-hybridized carbons (Fsp3) is 0.294. The van der Waals surface area contributed by atoms with Crippen molar-refractivity contribution in [3.63, 3.8) is 0 Å². The number of aromatic nitrogens is 4. The second-order valence-electron chi connectivity index (χ2n) is 5.58. The number of carbonyl (C=O) groups is 1. The number of nitrogens with zero attached hydrogens (tertiary/aromatic N) is 3. The standard InChI is InChI=1S/C17H19N5OS2/c1-11-3-4-14-13(7-11)12(2)8-16(21-14)25-9-15(23)18-5-6-24-17-19-10-20-22-17/h3-4,7-8,10H,5-6,9H2,1-2H3,(H,18,23)(H,19,20,22). The van der Waals surface area contributed by atoms with Crippen molar-refractivity contribution in [2.24, 2.45) is 0 Å². The Hall–Kier alpha value is -2.06. The van der Waals surface area contributed by atoms with Gasteiger partial charge in [0.05, 0.1) is 16.3 Å². The van der Waals surface area contributed by atoms with Gasteiger partial charge in [-0.1, -0.05) is 35.2 Å². The van der Waals surface area contributed by atoms with E-state index in [0.29, 0.717) is 12.3 Å². The van der Waals surface area contributed by atoms with Crippen LogP contribution in [0.2, 0.25) is 0 Å². The summed E-state index contributed by atoms with van der Waals surface area (Å²) in [6, 6.07) is 8.27. The Morgan fingerprint density at radius 3 is 2.92 bits per heavy atom. The zero-order valence-corrected chi connectivity index (χ0v) is 15.7. The summed E-state index contributed by atoms with van der Waals surface area (Å²) in [4.78, 5) is 20.6. The highest BCUT2D eigenvalue weighted by molar-refractivity contribution is 8.00. The van der Waals surface area contributed by atoms with Crippen LogP contribution < -0.4 is 5.32 Å². The highest BCUT2D eigenvalue weighted by Gasteiger charge is 2.07. The molecule has 0 aliphatic carbocycles. The third-order valence-corrected chi connectivity index (χ3v) is 5.34. The van der Waals surface area contributed by atoms with E-state index in [1.165, 1.54) is 46.4 Å². The fourth-order valence-corrected chi connectivity index (χ4v) is 3.78. The van der Waals surface area contributed by atoms with Crippen molar-refractivity contribution in [3.05, 3.63) is 41.7 Å². The average Bonchev–Trinajstić information content (AvgIpc) is 3.11. The Bertz CT molecular complexity index is 867. The zero-order valence-electron chi connectivity index (χ0n) is 14.1. The number of benzene rings is 1. The normalized spacial score (nSPS) is 11.0. The van der Waals surface area contributed by atoms with E-state index in [2.05, 4.69) is 51.5 Å². The van der Waals surface area contributed by atoms with E-state index in [0.717, 1.165) is 21.5 Å². The molecule has 1 aromatic carbocycles. The molecule has 0 aliphatic rings. The van der Waals surface area contributed by atoms with Gasteiger partial charge in [-0.3, -0.25) is 9.89 Å². The van der Waals surface area contributed by atoms with E-state index >= 15 is 0 Å². The lowest BCUT2D eigenvalue weighted by Crippen LogP contribution is -2.27. The van der Waals surface area contributed by atoms with Crippen LogP contribution in [0.15, 0.2) is 40.8 Å². The van der Waals surface area contributed by atoms with Crippen molar-refractivity contribution >= 4 is 40.3 Å². The van der Waals surface area contributed by atoms with Crippen LogP contribution in [0.25, 0.3) is 10.9 Å². The van der Waals surface area contributed by atoms with Crippen LogP contribution >= 0.6 is 23.5 Å². The van der Waals surface area contributed by atoms with Gasteiger partial charge in [0.25, 0.3) is 0 Å². The van der Waals surface area contributed by atoms with Gasteiger partial charge in [0.1, 0.15) is 6.33 Å². The van der Waals surface area contributed by atoms with Crippen molar-refractivity contribution in [1.82, 2.24) is 25.5 Å². The lowest BCUT2D eigenvalue weighted by Gasteiger charge is -2.07. The van der Waals surface area contributed by atoms with E-state index < -0.39 is 0 Å². The summed E-state index contributed by atoms with van der Waals surface area (Å²) in [5.41, 5.74) is 3.37. The minimum atomic E-state index is 0.00614. The van der Waals surface area contributed by atoms with Crippen LogP contribution in [0.5, 0.6) is 0 Å². The van der Waals surface area contributed by atoms with Crippen LogP contribution in [0.4, 0.5) is 0 Å². The molecule has 0 saturated heterocycles. The topological polar surface area (TPSA) is 83.6 Å². The first kappa shape index (κ1) is 17.8. The molecular formula is C17H19N5OS2. The van der Waals surface area contributed by atoms with Crippen molar-refractivity contribution in [2.45, 2.75) is 24.0 Å². The number of rotatable bonds is 7. The molecule has 0 atom stereocenters. The molecule has 3 rings (SSSR count). The van der Waals surface area contributed by atoms with Crippen LogP contribution in [-0.2, 0) is 4.79 Å². The number of hydrogen-bond acceptors (Lipinski definition) is 6. The Kier molecular flexibility index (Phi) is 5.93. The van der Waals surface area contributed by atoms with Gasteiger partial charge in [-0.05, 0) is 37.6 Å². The number of fused-ring (bicyclic) bond motifs is 1. The molecule has 3 aromatic rings. The molecule has 0 unspecified atom stereocenters. The molecule has 0 saturated carbocycles. The quantitative estimate of drug-likeness (QED) is 0.489. The molecule has 25 heavy (non-hydrogen) atoms. The molecule has 6 nitrogen and oxygen atoms in total. The number of nitrogens with one attached hydrogen (secondary N) is 2. The molecule has 130 valence electrons. The predicted octanol–water partition coefficient (Wildman–Crippen LogP) is 2.97. The number of aryl methyl sites for hydroxylation is 2. The maximum absolute atomic E-state index is 12.0. The highest BCUT2D eigenvalue weighted by atomic mass is 32.2. The minimum absolute atomic E-state index is 0.00614. The highest BCUT2D eigenvalue weighted by Crippen LogP contribution is 2.24. The van der Waals surface area contributed by atoms with Crippen molar-refractivity contribution in [3.8, 4) is 0 Å². The maximum atomic E-state index is 12.0. The van der Waals surface area contributed by atoms with Gasteiger partial charge in [-0.15, -0.1) is 0 Å². The second-order valence-corrected chi connectivity index (χ2v) is 7.65. The van der Waals surface area contributed by atoms with E-state index in [4.69, 9.17) is 0 Å². The fourth-order valence-electron chi connectivity index (χ4n) is 2.34. The summed E-state index contributed by atoms with van der Waals surface area (Å²) in [5.74, 6) is 1.11. The van der Waals surface area contributed by atoms with Crippen molar-refractivity contribution < 1.29 is 4.79 Å². The summed E-state index contributed by atoms with van der Waals surface area (Å²) in [6.45, 7) is 4.75. The first-order valence-corrected chi connectivity index (χ1v) is 9.84. The zero-order chi connectivity index (χ0) is 17.6. The van der Waals surface area contributed by atoms with E-state index in [-0.39, 0.29) is 5.91 Å². The summed E-state index contributed by atoms with van der Waals surface area (Å²) in [5, 5.41) is 12.3. The number of amides is 1. The smallest absolute Gasteiger partial charge is 0.230 e. The van der Waals surface area contributed by atoms with Gasteiger partial charge in [0.15, 0.2) is 5.16 Å². The lowest BCUT2D eigenvalue weighted by molar-refractivity contribution is -0.118. The Labute approximate surface area is 154 Å². The van der Waals surface area contributed by atoms with Crippen molar-refractivity contribution in [2.75, 3.05) is 18.1 Å². The molecule has 0 fully saturated rings. The number of H-pyrrole nitrogens is 1. The van der Waals surface area contributed by atoms with Crippen LogP contribution in [0.3, 0.4) is 0 Å². The van der Waals surface area contributed by atoms with E-state index in [9.17, 15) is 4.79 Å². The number of aromatic amines is 1. The molecule has 8 heteroatoms. The molecular weight excluding hydrogens is 354 g/mol. The van der Waals surface area contributed by atoms with Gasteiger partial charge in [-0.2, -0.15) is 5.10 Å². The molecule has 2 N–H and O–H groups in total.